The number of Topliss-reactive ketones (excluding diaryl/α,β-unsaturated/α-hetero) is 1. The first kappa shape index (κ1) is 20.3. The number of anilines is 2. The molecule has 0 bridgehead atoms. The van der Waals surface area contributed by atoms with Crippen molar-refractivity contribution in [2.45, 2.75) is 18.7 Å². The largest absolute Gasteiger partial charge is 0.322 e. The molecule has 0 heterocycles. The summed E-state index contributed by atoms with van der Waals surface area (Å²) in [6.45, 7) is 3.01. The molecule has 7 heteroatoms. The summed E-state index contributed by atoms with van der Waals surface area (Å²) in [6.07, 6.45) is 0. The Morgan fingerprint density at radius 3 is 2.21 bits per heavy atom. The highest BCUT2D eigenvalue weighted by Gasteiger charge is 2.21. The number of carbonyl (C=O) groups is 2. The SMILES string of the molecule is CC(=O)c1ccccc1NS(=O)(=O)c1cc(C(=O)Nc2ccccc2)ccc1C. The Labute approximate surface area is 169 Å². The van der Waals surface area contributed by atoms with Gasteiger partial charge in [0.1, 0.15) is 0 Å². The Morgan fingerprint density at radius 2 is 1.52 bits per heavy atom. The second-order valence-electron chi connectivity index (χ2n) is 6.51. The van der Waals surface area contributed by atoms with Gasteiger partial charge < -0.3 is 5.32 Å². The van der Waals surface area contributed by atoms with E-state index >= 15 is 0 Å². The zero-order valence-electron chi connectivity index (χ0n) is 16.0. The molecule has 0 spiro atoms. The third kappa shape index (κ3) is 4.70. The van der Waals surface area contributed by atoms with Gasteiger partial charge in [-0.1, -0.05) is 36.4 Å². The van der Waals surface area contributed by atoms with Gasteiger partial charge in [-0.2, -0.15) is 0 Å². The summed E-state index contributed by atoms with van der Waals surface area (Å²) in [4.78, 5) is 24.3. The van der Waals surface area contributed by atoms with Gasteiger partial charge in [0.15, 0.2) is 5.78 Å². The van der Waals surface area contributed by atoms with Crippen molar-refractivity contribution in [2.75, 3.05) is 10.0 Å². The molecule has 2 N–H and O–H groups in total. The van der Waals surface area contributed by atoms with Crippen molar-refractivity contribution >= 4 is 33.1 Å². The molecule has 148 valence electrons. The molecule has 3 aromatic carbocycles. The molecule has 0 aromatic heterocycles. The Morgan fingerprint density at radius 1 is 0.862 bits per heavy atom. The molecule has 1 amide bonds. The molecule has 6 nitrogen and oxygen atoms in total. The molecule has 0 saturated heterocycles. The van der Waals surface area contributed by atoms with E-state index in [1.807, 2.05) is 6.07 Å². The average Bonchev–Trinajstić information content (AvgIpc) is 2.69. The van der Waals surface area contributed by atoms with Gasteiger partial charge in [0.2, 0.25) is 0 Å². The molecular formula is C22H20N2O4S. The van der Waals surface area contributed by atoms with E-state index in [-0.39, 0.29) is 27.5 Å². The van der Waals surface area contributed by atoms with E-state index in [4.69, 9.17) is 0 Å². The Kier molecular flexibility index (Phi) is 5.79. The third-order valence-corrected chi connectivity index (χ3v) is 5.83. The molecule has 3 aromatic rings. The summed E-state index contributed by atoms with van der Waals surface area (Å²) in [5.74, 6) is -0.673. The summed E-state index contributed by atoms with van der Waals surface area (Å²) in [6, 6.07) is 19.7. The number of carbonyl (C=O) groups excluding carboxylic acids is 2. The van der Waals surface area contributed by atoms with Crippen molar-refractivity contribution in [3.8, 4) is 0 Å². The number of benzene rings is 3. The second kappa shape index (κ2) is 8.28. The van der Waals surface area contributed by atoms with Crippen molar-refractivity contribution in [3.63, 3.8) is 0 Å². The van der Waals surface area contributed by atoms with Crippen LogP contribution in [0.4, 0.5) is 11.4 Å². The molecule has 0 aliphatic heterocycles. The summed E-state index contributed by atoms with van der Waals surface area (Å²) < 4.78 is 28.4. The van der Waals surface area contributed by atoms with Crippen LogP contribution in [0.5, 0.6) is 0 Å². The molecule has 3 rings (SSSR count). The van der Waals surface area contributed by atoms with E-state index in [2.05, 4.69) is 10.0 Å². The minimum atomic E-state index is -4.01. The van der Waals surface area contributed by atoms with Gasteiger partial charge in [0.05, 0.1) is 10.6 Å². The van der Waals surface area contributed by atoms with Crippen molar-refractivity contribution in [2.24, 2.45) is 0 Å². The molecular weight excluding hydrogens is 388 g/mol. The molecule has 0 fully saturated rings. The Hall–Kier alpha value is -3.45. The molecule has 0 saturated carbocycles. The van der Waals surface area contributed by atoms with Crippen LogP contribution in [0.3, 0.4) is 0 Å². The number of nitrogens with one attached hydrogen (secondary N) is 2. The lowest BCUT2D eigenvalue weighted by Gasteiger charge is -2.14. The predicted octanol–water partition coefficient (Wildman–Crippen LogP) is 4.25. The average molecular weight is 408 g/mol. The topological polar surface area (TPSA) is 92.3 Å². The van der Waals surface area contributed by atoms with E-state index in [9.17, 15) is 18.0 Å². The standard InChI is InChI=1S/C22H20N2O4S/c1-15-12-13-17(22(26)23-18-8-4-3-5-9-18)14-21(15)29(27,28)24-20-11-7-6-10-19(20)16(2)25/h3-14,24H,1-2H3,(H,23,26). The van der Waals surface area contributed by atoms with Gasteiger partial charge >= 0.3 is 0 Å². The fraction of sp³-hybridized carbons (Fsp3) is 0.0909. The monoisotopic (exact) mass is 408 g/mol. The number of aryl methyl sites for hydroxylation is 1. The van der Waals surface area contributed by atoms with E-state index in [0.717, 1.165) is 0 Å². The summed E-state index contributed by atoms with van der Waals surface area (Å²) in [7, 11) is -4.01. The lowest BCUT2D eigenvalue weighted by molar-refractivity contribution is 0.101. The second-order valence-corrected chi connectivity index (χ2v) is 8.16. The lowest BCUT2D eigenvalue weighted by atomic mass is 10.1. The van der Waals surface area contributed by atoms with Gasteiger partial charge in [-0.25, -0.2) is 8.42 Å². The van der Waals surface area contributed by atoms with Crippen molar-refractivity contribution in [3.05, 3.63) is 89.5 Å². The fourth-order valence-electron chi connectivity index (χ4n) is 2.83. The smallest absolute Gasteiger partial charge is 0.262 e. The van der Waals surface area contributed by atoms with Crippen LogP contribution in [0.25, 0.3) is 0 Å². The molecule has 0 aliphatic carbocycles. The van der Waals surface area contributed by atoms with Crippen LogP contribution in [0, 0.1) is 6.92 Å². The fourth-order valence-corrected chi connectivity index (χ4v) is 4.19. The highest BCUT2D eigenvalue weighted by atomic mass is 32.2. The molecule has 29 heavy (non-hydrogen) atoms. The summed E-state index contributed by atoms with van der Waals surface area (Å²) in [5, 5.41) is 2.73. The quantitative estimate of drug-likeness (QED) is 0.597. The van der Waals surface area contributed by atoms with Crippen molar-refractivity contribution in [1.29, 1.82) is 0 Å². The zero-order valence-corrected chi connectivity index (χ0v) is 16.8. The highest BCUT2D eigenvalue weighted by molar-refractivity contribution is 7.92. The molecule has 0 atom stereocenters. The van der Waals surface area contributed by atoms with Crippen LogP contribution in [0.2, 0.25) is 0 Å². The maximum absolute atomic E-state index is 13.0. The molecule has 0 unspecified atom stereocenters. The van der Waals surface area contributed by atoms with Crippen molar-refractivity contribution < 1.29 is 18.0 Å². The highest BCUT2D eigenvalue weighted by Crippen LogP contribution is 2.24. The Bertz CT molecular complexity index is 1170. The first-order valence-electron chi connectivity index (χ1n) is 8.88. The van der Waals surface area contributed by atoms with Gasteiger partial charge in [0, 0.05) is 16.8 Å². The number of amides is 1. The van der Waals surface area contributed by atoms with Crippen LogP contribution in [0.1, 0.15) is 33.2 Å². The maximum atomic E-state index is 13.0. The third-order valence-electron chi connectivity index (χ3n) is 4.32. The van der Waals surface area contributed by atoms with Crippen LogP contribution in [0.15, 0.2) is 77.7 Å². The van der Waals surface area contributed by atoms with E-state index in [1.165, 1.54) is 19.1 Å². The van der Waals surface area contributed by atoms with Gasteiger partial charge in [-0.15, -0.1) is 0 Å². The van der Waals surface area contributed by atoms with Crippen LogP contribution in [-0.2, 0) is 10.0 Å². The number of para-hydroxylation sites is 2. The van der Waals surface area contributed by atoms with Crippen LogP contribution in [-0.4, -0.2) is 20.1 Å². The maximum Gasteiger partial charge on any atom is 0.262 e. The summed E-state index contributed by atoms with van der Waals surface area (Å²) in [5.41, 5.74) is 1.76. The minimum absolute atomic E-state index is 0.0310. The van der Waals surface area contributed by atoms with E-state index < -0.39 is 15.9 Å². The molecule has 0 radical (unpaired) electrons. The number of rotatable bonds is 6. The Balaban J connectivity index is 1.93. The first-order valence-corrected chi connectivity index (χ1v) is 10.4. The van der Waals surface area contributed by atoms with E-state index in [1.54, 1.807) is 61.5 Å². The van der Waals surface area contributed by atoms with Gasteiger partial charge in [0.25, 0.3) is 15.9 Å². The lowest BCUT2D eigenvalue weighted by Crippen LogP contribution is -2.18. The number of hydrogen-bond donors (Lipinski definition) is 2. The zero-order chi connectivity index (χ0) is 21.0. The normalized spacial score (nSPS) is 11.0. The number of sulfonamides is 1. The van der Waals surface area contributed by atoms with Crippen LogP contribution < -0.4 is 10.0 Å². The molecule has 0 aliphatic rings. The van der Waals surface area contributed by atoms with Crippen LogP contribution >= 0.6 is 0 Å². The summed E-state index contributed by atoms with van der Waals surface area (Å²) >= 11 is 0. The van der Waals surface area contributed by atoms with Crippen molar-refractivity contribution in [1.82, 2.24) is 0 Å². The van der Waals surface area contributed by atoms with Gasteiger partial charge in [-0.3, -0.25) is 14.3 Å². The minimum Gasteiger partial charge on any atom is -0.322 e. The number of ketones is 1. The predicted molar refractivity (Wildman–Crippen MR) is 113 cm³/mol. The van der Waals surface area contributed by atoms with E-state index in [0.29, 0.717) is 11.3 Å². The number of hydrogen-bond acceptors (Lipinski definition) is 4. The van der Waals surface area contributed by atoms with Gasteiger partial charge in [-0.05, 0) is 55.8 Å². The first-order chi connectivity index (χ1) is 13.8.